The lowest BCUT2D eigenvalue weighted by molar-refractivity contribution is -0.141. The number of hydrogen-bond donors (Lipinski definition) is 2. The summed E-state index contributed by atoms with van der Waals surface area (Å²) in [6.45, 7) is 1.68. The molecule has 0 bridgehead atoms. The van der Waals surface area contributed by atoms with Crippen LogP contribution in [-0.4, -0.2) is 77.5 Å². The van der Waals surface area contributed by atoms with Gasteiger partial charge in [-0.1, -0.05) is 0 Å². The van der Waals surface area contributed by atoms with Crippen LogP contribution in [0.3, 0.4) is 0 Å². The number of rotatable bonds is 6. The Morgan fingerprint density at radius 3 is 2.70 bits per heavy atom. The third kappa shape index (κ3) is 3.83. The molecule has 2 fully saturated rings. The molecule has 0 unspecified atom stereocenters. The zero-order valence-corrected chi connectivity index (χ0v) is 11.7. The number of carbonyl (C=O) groups excluding carboxylic acids is 1. The molecule has 0 radical (unpaired) electrons. The molecule has 0 spiro atoms. The third-order valence-electron chi connectivity index (χ3n) is 3.76. The van der Waals surface area contributed by atoms with E-state index in [2.05, 4.69) is 0 Å². The number of carbonyl (C=O) groups is 2. The molecule has 7 heteroatoms. The summed E-state index contributed by atoms with van der Waals surface area (Å²) in [5, 5.41) is 18.6. The molecule has 2 rings (SSSR count). The molecule has 2 amide bonds. The number of likely N-dealkylation sites (tertiary alicyclic amines) is 1. The van der Waals surface area contributed by atoms with E-state index in [1.165, 1.54) is 22.6 Å². The van der Waals surface area contributed by atoms with E-state index in [9.17, 15) is 14.7 Å². The number of hydrogen-bond acceptors (Lipinski definition) is 4. The molecule has 1 aliphatic heterocycles. The SMILES string of the molecule is CN(CCOCC1CC1)C(=O)N1C[C@H](O)C[C@H]1C(=O)O. The molecular weight excluding hydrogens is 264 g/mol. The van der Waals surface area contributed by atoms with Crippen molar-refractivity contribution in [1.29, 1.82) is 0 Å². The van der Waals surface area contributed by atoms with Gasteiger partial charge in [0.15, 0.2) is 0 Å². The van der Waals surface area contributed by atoms with E-state index < -0.39 is 18.1 Å². The van der Waals surface area contributed by atoms with Gasteiger partial charge in [0, 0.05) is 33.2 Å². The smallest absolute Gasteiger partial charge is 0.326 e. The first kappa shape index (κ1) is 15.1. The summed E-state index contributed by atoms with van der Waals surface area (Å²) in [6, 6.07) is -1.31. The van der Waals surface area contributed by atoms with Gasteiger partial charge in [0.05, 0.1) is 12.7 Å². The number of β-amino-alcohol motifs (C(OH)–C–C–N with tert-alkyl or cyclic N) is 1. The van der Waals surface area contributed by atoms with Gasteiger partial charge >= 0.3 is 12.0 Å². The molecule has 114 valence electrons. The number of carboxylic acids is 1. The van der Waals surface area contributed by atoms with Crippen molar-refractivity contribution in [3.63, 3.8) is 0 Å². The Labute approximate surface area is 118 Å². The largest absolute Gasteiger partial charge is 0.480 e. The Morgan fingerprint density at radius 2 is 2.10 bits per heavy atom. The molecule has 20 heavy (non-hydrogen) atoms. The molecular formula is C13H22N2O5. The highest BCUT2D eigenvalue weighted by atomic mass is 16.5. The standard InChI is InChI=1S/C13H22N2O5/c1-14(4-5-20-8-9-2-3-9)13(19)15-7-10(16)6-11(15)12(17)18/h9-11,16H,2-8H2,1H3,(H,17,18)/t10-,11+/m1/s1. The highest BCUT2D eigenvalue weighted by Crippen LogP contribution is 2.28. The van der Waals surface area contributed by atoms with Crippen molar-refractivity contribution in [2.45, 2.75) is 31.4 Å². The second-order valence-corrected chi connectivity index (χ2v) is 5.62. The summed E-state index contributed by atoms with van der Waals surface area (Å²) in [6.07, 6.45) is 1.77. The first-order chi connectivity index (χ1) is 9.49. The van der Waals surface area contributed by atoms with Gasteiger partial charge < -0.3 is 24.7 Å². The number of aliphatic carboxylic acids is 1. The summed E-state index contributed by atoms with van der Waals surface area (Å²) < 4.78 is 5.46. The minimum atomic E-state index is -1.08. The highest BCUT2D eigenvalue weighted by Gasteiger charge is 2.39. The number of urea groups is 1. The topological polar surface area (TPSA) is 90.3 Å². The predicted octanol–water partition coefficient (Wildman–Crippen LogP) is -0.0154. The monoisotopic (exact) mass is 286 g/mol. The fourth-order valence-corrected chi connectivity index (χ4v) is 2.31. The normalized spacial score (nSPS) is 25.8. The zero-order chi connectivity index (χ0) is 14.7. The van der Waals surface area contributed by atoms with Crippen LogP contribution in [0.1, 0.15) is 19.3 Å². The van der Waals surface area contributed by atoms with Crippen molar-refractivity contribution in [2.24, 2.45) is 5.92 Å². The summed E-state index contributed by atoms with van der Waals surface area (Å²) in [5.74, 6) is -0.394. The molecule has 1 saturated heterocycles. The third-order valence-corrected chi connectivity index (χ3v) is 3.76. The number of amides is 2. The van der Waals surface area contributed by atoms with E-state index in [0.29, 0.717) is 19.1 Å². The molecule has 0 aromatic carbocycles. The van der Waals surface area contributed by atoms with Crippen molar-refractivity contribution in [3.8, 4) is 0 Å². The van der Waals surface area contributed by atoms with Gasteiger partial charge in [-0.15, -0.1) is 0 Å². The van der Waals surface area contributed by atoms with Gasteiger partial charge in [0.25, 0.3) is 0 Å². The van der Waals surface area contributed by atoms with Crippen LogP contribution in [0.2, 0.25) is 0 Å². The molecule has 2 atom stereocenters. The second-order valence-electron chi connectivity index (χ2n) is 5.62. The van der Waals surface area contributed by atoms with E-state index in [0.717, 1.165) is 6.61 Å². The van der Waals surface area contributed by atoms with Crippen molar-refractivity contribution in [2.75, 3.05) is 33.4 Å². The van der Waals surface area contributed by atoms with E-state index >= 15 is 0 Å². The number of aliphatic hydroxyl groups excluding tert-OH is 1. The Balaban J connectivity index is 1.77. The van der Waals surface area contributed by atoms with Crippen LogP contribution in [0, 0.1) is 5.92 Å². The lowest BCUT2D eigenvalue weighted by Crippen LogP contribution is -2.47. The maximum absolute atomic E-state index is 12.2. The van der Waals surface area contributed by atoms with Gasteiger partial charge in [0.2, 0.25) is 0 Å². The van der Waals surface area contributed by atoms with Gasteiger partial charge in [0.1, 0.15) is 6.04 Å². The van der Waals surface area contributed by atoms with E-state index in [1.54, 1.807) is 7.05 Å². The number of carboxylic acid groups (broad SMARTS) is 1. The quantitative estimate of drug-likeness (QED) is 0.670. The van der Waals surface area contributed by atoms with E-state index in [1.807, 2.05) is 0 Å². The lowest BCUT2D eigenvalue weighted by Gasteiger charge is -2.27. The fraction of sp³-hybridized carbons (Fsp3) is 0.846. The highest BCUT2D eigenvalue weighted by molar-refractivity contribution is 5.83. The number of likely N-dealkylation sites (N-methyl/N-ethyl adjacent to an activating group) is 1. The Bertz CT molecular complexity index is 372. The number of ether oxygens (including phenoxy) is 1. The van der Waals surface area contributed by atoms with Crippen LogP contribution in [0.15, 0.2) is 0 Å². The Hall–Kier alpha value is -1.34. The summed E-state index contributed by atoms with van der Waals surface area (Å²) in [5.41, 5.74) is 0. The average molecular weight is 286 g/mol. The number of nitrogens with zero attached hydrogens (tertiary/aromatic N) is 2. The maximum atomic E-state index is 12.2. The summed E-state index contributed by atoms with van der Waals surface area (Å²) in [4.78, 5) is 25.9. The first-order valence-corrected chi connectivity index (χ1v) is 6.99. The van der Waals surface area contributed by atoms with Crippen molar-refractivity contribution >= 4 is 12.0 Å². The first-order valence-electron chi connectivity index (χ1n) is 6.99. The van der Waals surface area contributed by atoms with E-state index in [-0.39, 0.29) is 19.0 Å². The number of aliphatic hydroxyl groups is 1. The van der Waals surface area contributed by atoms with Gasteiger partial charge in [-0.05, 0) is 18.8 Å². The molecule has 0 aromatic heterocycles. The summed E-state index contributed by atoms with van der Waals surface area (Å²) >= 11 is 0. The molecule has 0 aromatic rings. The van der Waals surface area contributed by atoms with Crippen LogP contribution in [0.4, 0.5) is 4.79 Å². The molecule has 1 aliphatic carbocycles. The van der Waals surface area contributed by atoms with Crippen LogP contribution in [0.5, 0.6) is 0 Å². The average Bonchev–Trinajstić information content (AvgIpc) is 3.14. The predicted molar refractivity (Wildman–Crippen MR) is 70.3 cm³/mol. The van der Waals surface area contributed by atoms with E-state index in [4.69, 9.17) is 9.84 Å². The minimum absolute atomic E-state index is 0.0725. The lowest BCUT2D eigenvalue weighted by atomic mass is 10.2. The fourth-order valence-electron chi connectivity index (χ4n) is 2.31. The summed E-state index contributed by atoms with van der Waals surface area (Å²) in [7, 11) is 1.62. The van der Waals surface area contributed by atoms with Gasteiger partial charge in [-0.2, -0.15) is 0 Å². The second kappa shape index (κ2) is 6.41. The molecule has 1 heterocycles. The van der Waals surface area contributed by atoms with Crippen molar-refractivity contribution < 1.29 is 24.5 Å². The van der Waals surface area contributed by atoms with Crippen molar-refractivity contribution in [3.05, 3.63) is 0 Å². The molecule has 7 nitrogen and oxygen atoms in total. The van der Waals surface area contributed by atoms with Crippen LogP contribution < -0.4 is 0 Å². The van der Waals surface area contributed by atoms with Gasteiger partial charge in [-0.3, -0.25) is 0 Å². The molecule has 1 saturated carbocycles. The van der Waals surface area contributed by atoms with Crippen LogP contribution >= 0.6 is 0 Å². The van der Waals surface area contributed by atoms with Crippen molar-refractivity contribution in [1.82, 2.24) is 9.80 Å². The Kier molecular flexibility index (Phi) is 4.82. The van der Waals surface area contributed by atoms with Crippen LogP contribution in [0.25, 0.3) is 0 Å². The Morgan fingerprint density at radius 1 is 1.40 bits per heavy atom. The molecule has 2 N–H and O–H groups in total. The maximum Gasteiger partial charge on any atom is 0.326 e. The zero-order valence-electron chi connectivity index (χ0n) is 11.7. The van der Waals surface area contributed by atoms with Crippen LogP contribution in [-0.2, 0) is 9.53 Å². The molecule has 2 aliphatic rings. The van der Waals surface area contributed by atoms with Gasteiger partial charge in [-0.25, -0.2) is 9.59 Å². The minimum Gasteiger partial charge on any atom is -0.480 e.